The highest BCUT2D eigenvalue weighted by Crippen LogP contribution is 2.37. The van der Waals surface area contributed by atoms with E-state index in [-0.39, 0.29) is 4.90 Å². The number of carbonyl (C=O) groups excluding carboxylic acids is 2. The van der Waals surface area contributed by atoms with Gasteiger partial charge in [-0.25, -0.2) is 8.42 Å². The highest BCUT2D eigenvalue weighted by atomic mass is 32.2. The maximum Gasteiger partial charge on any atom is 0.256 e. The van der Waals surface area contributed by atoms with Crippen LogP contribution in [-0.4, -0.2) is 55.6 Å². The van der Waals surface area contributed by atoms with Gasteiger partial charge in [-0.1, -0.05) is 19.8 Å². The van der Waals surface area contributed by atoms with E-state index in [2.05, 4.69) is 17.1 Å². The van der Waals surface area contributed by atoms with Crippen LogP contribution < -0.4 is 11.1 Å². The van der Waals surface area contributed by atoms with Crippen LogP contribution in [0.1, 0.15) is 70.2 Å². The number of rotatable bonds is 7. The smallest absolute Gasteiger partial charge is 0.256 e. The van der Waals surface area contributed by atoms with E-state index in [0.717, 1.165) is 68.6 Å². The molecule has 184 valence electrons. The number of nitrogens with one attached hydrogen (secondary N) is 1. The van der Waals surface area contributed by atoms with E-state index < -0.39 is 21.8 Å². The Kier molecular flexibility index (Phi) is 7.71. The van der Waals surface area contributed by atoms with Gasteiger partial charge in [0, 0.05) is 36.6 Å². The first-order chi connectivity index (χ1) is 16.3. The number of fused-ring (bicyclic) bond motifs is 1. The van der Waals surface area contributed by atoms with E-state index in [1.54, 1.807) is 0 Å². The summed E-state index contributed by atoms with van der Waals surface area (Å²) in [7, 11) is -3.58. The van der Waals surface area contributed by atoms with Crippen LogP contribution in [0.4, 0.5) is 5.00 Å². The summed E-state index contributed by atoms with van der Waals surface area (Å²) in [5, 5.41) is 3.30. The monoisotopic (exact) mass is 504 g/mol. The van der Waals surface area contributed by atoms with E-state index >= 15 is 0 Å². The van der Waals surface area contributed by atoms with Gasteiger partial charge in [0.25, 0.3) is 11.8 Å². The predicted molar refractivity (Wildman–Crippen MR) is 134 cm³/mol. The summed E-state index contributed by atoms with van der Waals surface area (Å²) in [6, 6.07) is 5.99. The van der Waals surface area contributed by atoms with Gasteiger partial charge in [-0.05, 0) is 62.1 Å². The molecule has 34 heavy (non-hydrogen) atoms. The number of nitrogens with two attached hydrogens (primary N) is 1. The fraction of sp³-hybridized carbons (Fsp3) is 0.500. The van der Waals surface area contributed by atoms with Crippen LogP contribution in [-0.2, 0) is 23.0 Å². The normalized spacial score (nSPS) is 17.7. The summed E-state index contributed by atoms with van der Waals surface area (Å²) in [5.74, 6) is -0.944. The third kappa shape index (κ3) is 5.19. The molecule has 8 nitrogen and oxygen atoms in total. The molecule has 0 aliphatic carbocycles. The van der Waals surface area contributed by atoms with Crippen LogP contribution in [0.3, 0.4) is 0 Å². The lowest BCUT2D eigenvalue weighted by atomic mass is 10.0. The van der Waals surface area contributed by atoms with Crippen molar-refractivity contribution in [3.05, 3.63) is 45.8 Å². The Labute approximate surface area is 205 Å². The molecule has 0 atom stereocenters. The van der Waals surface area contributed by atoms with Crippen molar-refractivity contribution in [1.29, 1.82) is 0 Å². The molecule has 0 saturated carbocycles. The van der Waals surface area contributed by atoms with Gasteiger partial charge in [0.1, 0.15) is 5.00 Å². The second-order valence-electron chi connectivity index (χ2n) is 8.90. The summed E-state index contributed by atoms with van der Waals surface area (Å²) in [6.45, 7) is 5.77. The van der Waals surface area contributed by atoms with Crippen LogP contribution in [0.15, 0.2) is 29.2 Å². The minimum Gasteiger partial charge on any atom is -0.365 e. The molecule has 4 rings (SSSR count). The van der Waals surface area contributed by atoms with Crippen LogP contribution in [0, 0.1) is 0 Å². The Morgan fingerprint density at radius 3 is 2.35 bits per heavy atom. The van der Waals surface area contributed by atoms with Crippen LogP contribution >= 0.6 is 11.3 Å². The number of thiophene rings is 1. The molecular weight excluding hydrogens is 472 g/mol. The molecule has 0 bridgehead atoms. The highest BCUT2D eigenvalue weighted by Gasteiger charge is 2.28. The second-order valence-corrected chi connectivity index (χ2v) is 11.9. The zero-order valence-electron chi connectivity index (χ0n) is 19.5. The first-order valence-electron chi connectivity index (χ1n) is 11.9. The lowest BCUT2D eigenvalue weighted by molar-refractivity contribution is 0.1000. The van der Waals surface area contributed by atoms with Crippen LogP contribution in [0.5, 0.6) is 0 Å². The van der Waals surface area contributed by atoms with Crippen molar-refractivity contribution in [2.24, 2.45) is 5.73 Å². The van der Waals surface area contributed by atoms with Crippen molar-refractivity contribution in [1.82, 2.24) is 9.21 Å². The lowest BCUT2D eigenvalue weighted by Crippen LogP contribution is -2.32. The van der Waals surface area contributed by atoms with Crippen molar-refractivity contribution in [2.75, 3.05) is 31.5 Å². The largest absolute Gasteiger partial charge is 0.365 e. The Morgan fingerprint density at radius 2 is 1.74 bits per heavy atom. The molecule has 2 aliphatic heterocycles. The van der Waals surface area contributed by atoms with E-state index in [1.165, 1.54) is 39.9 Å². The average molecular weight is 505 g/mol. The molecule has 10 heteroatoms. The fourth-order valence-corrected chi connectivity index (χ4v) is 7.50. The molecule has 3 N–H and O–H groups in total. The van der Waals surface area contributed by atoms with Gasteiger partial charge in [-0.15, -0.1) is 11.3 Å². The van der Waals surface area contributed by atoms with E-state index in [9.17, 15) is 18.0 Å². The second kappa shape index (κ2) is 10.6. The van der Waals surface area contributed by atoms with E-state index in [4.69, 9.17) is 5.73 Å². The number of nitrogens with zero attached hydrogens (tertiary/aromatic N) is 2. The summed E-state index contributed by atoms with van der Waals surface area (Å²) in [5.41, 5.74) is 7.32. The molecule has 1 aromatic carbocycles. The molecule has 2 amide bonds. The third-order valence-corrected chi connectivity index (χ3v) is 9.51. The van der Waals surface area contributed by atoms with Crippen molar-refractivity contribution in [3.63, 3.8) is 0 Å². The number of hydrogen-bond acceptors (Lipinski definition) is 6. The standard InChI is InChI=1S/C24H32N4O4S2/c1-2-12-27-15-11-19-20(16-27)33-24(21(19)22(25)29)26-23(30)17-7-9-18(10-8-17)34(31,32)28-13-5-3-4-6-14-28/h7-10H,2-6,11-16H2,1H3,(H2,25,29)(H,26,30). The van der Waals surface area contributed by atoms with Crippen molar-refractivity contribution >= 4 is 38.2 Å². The first-order valence-corrected chi connectivity index (χ1v) is 14.1. The maximum absolute atomic E-state index is 13.0. The van der Waals surface area contributed by atoms with Crippen molar-refractivity contribution in [2.45, 2.75) is 56.9 Å². The Balaban J connectivity index is 1.52. The fourth-order valence-electron chi connectivity index (χ4n) is 4.70. The maximum atomic E-state index is 13.0. The third-order valence-electron chi connectivity index (χ3n) is 6.47. The van der Waals surface area contributed by atoms with E-state index in [0.29, 0.717) is 29.2 Å². The van der Waals surface area contributed by atoms with Gasteiger partial charge in [0.15, 0.2) is 0 Å². The minimum absolute atomic E-state index is 0.186. The van der Waals surface area contributed by atoms with Crippen molar-refractivity contribution in [3.8, 4) is 0 Å². The van der Waals surface area contributed by atoms with Crippen LogP contribution in [0.2, 0.25) is 0 Å². The molecular formula is C24H32N4O4S2. The van der Waals surface area contributed by atoms with Gasteiger partial charge in [0.05, 0.1) is 10.5 Å². The molecule has 3 heterocycles. The predicted octanol–water partition coefficient (Wildman–Crippen LogP) is 3.43. The van der Waals surface area contributed by atoms with Gasteiger partial charge >= 0.3 is 0 Å². The van der Waals surface area contributed by atoms with Crippen molar-refractivity contribution < 1.29 is 18.0 Å². The average Bonchev–Trinajstić information content (AvgIpc) is 2.97. The highest BCUT2D eigenvalue weighted by molar-refractivity contribution is 7.89. The molecule has 2 aromatic rings. The number of carbonyl (C=O) groups is 2. The summed E-state index contributed by atoms with van der Waals surface area (Å²) >= 11 is 1.39. The molecule has 0 spiro atoms. The Hall–Kier alpha value is -2.27. The first kappa shape index (κ1) is 24.8. The number of primary amides is 1. The van der Waals surface area contributed by atoms with Gasteiger partial charge in [0.2, 0.25) is 10.0 Å². The molecule has 1 fully saturated rings. The van der Waals surface area contributed by atoms with Gasteiger partial charge in [-0.2, -0.15) is 4.31 Å². The van der Waals surface area contributed by atoms with Gasteiger partial charge in [-0.3, -0.25) is 14.5 Å². The zero-order chi connectivity index (χ0) is 24.3. The molecule has 1 aromatic heterocycles. The number of anilines is 1. The number of sulfonamides is 1. The topological polar surface area (TPSA) is 113 Å². The Morgan fingerprint density at radius 1 is 1.06 bits per heavy atom. The lowest BCUT2D eigenvalue weighted by Gasteiger charge is -2.26. The molecule has 0 radical (unpaired) electrons. The van der Waals surface area contributed by atoms with E-state index in [1.807, 2.05) is 0 Å². The number of hydrogen-bond donors (Lipinski definition) is 2. The Bertz CT molecular complexity index is 1150. The molecule has 1 saturated heterocycles. The zero-order valence-corrected chi connectivity index (χ0v) is 21.1. The molecule has 2 aliphatic rings. The summed E-state index contributed by atoms with van der Waals surface area (Å²) in [4.78, 5) is 28.7. The quantitative estimate of drug-likeness (QED) is 0.600. The number of benzene rings is 1. The minimum atomic E-state index is -3.58. The summed E-state index contributed by atoms with van der Waals surface area (Å²) < 4.78 is 27.5. The SMILES string of the molecule is CCCN1CCc2c(sc(NC(=O)c3ccc(S(=O)(=O)N4CCCCCC4)cc3)c2C(N)=O)C1. The number of amides is 2. The van der Waals surface area contributed by atoms with Crippen LogP contribution in [0.25, 0.3) is 0 Å². The molecule has 0 unspecified atom stereocenters. The summed E-state index contributed by atoms with van der Waals surface area (Å²) in [6.07, 6.45) is 5.59. The van der Waals surface area contributed by atoms with Gasteiger partial charge < -0.3 is 11.1 Å².